The van der Waals surface area contributed by atoms with Gasteiger partial charge in [0.2, 0.25) is 0 Å². The van der Waals surface area contributed by atoms with E-state index >= 15 is 0 Å². The summed E-state index contributed by atoms with van der Waals surface area (Å²) in [4.78, 5) is 27.6. The van der Waals surface area contributed by atoms with E-state index < -0.39 is 5.60 Å². The van der Waals surface area contributed by atoms with E-state index in [-0.39, 0.29) is 12.1 Å². The molecule has 0 spiro atoms. The molecule has 0 atom stereocenters. The lowest BCUT2D eigenvalue weighted by molar-refractivity contribution is -0.120. The van der Waals surface area contributed by atoms with Gasteiger partial charge >= 0.3 is 6.09 Å². The number of fused-ring (bicyclic) bond motifs is 1. The standard InChI is InChI=1S/C22H30BrN3O4/c1-6-25(17-7-9-24(10-8-17)21(28)30-22(3,4)5)20-15(2)19(29-14-27)12-18-11-16(23)13-26(18)20/h11-14,17H,6-10H2,1-5H3. The van der Waals surface area contributed by atoms with Crippen molar-refractivity contribution in [3.63, 3.8) is 0 Å². The van der Waals surface area contributed by atoms with Crippen molar-refractivity contribution in [3.8, 4) is 5.75 Å². The number of halogens is 1. The fourth-order valence-corrected chi connectivity index (χ4v) is 4.51. The molecule has 30 heavy (non-hydrogen) atoms. The number of rotatable bonds is 5. The molecule has 7 nitrogen and oxygen atoms in total. The predicted molar refractivity (Wildman–Crippen MR) is 120 cm³/mol. The van der Waals surface area contributed by atoms with E-state index in [9.17, 15) is 9.59 Å². The van der Waals surface area contributed by atoms with Crippen molar-refractivity contribution >= 4 is 39.8 Å². The van der Waals surface area contributed by atoms with Crippen molar-refractivity contribution in [1.29, 1.82) is 0 Å². The van der Waals surface area contributed by atoms with Crippen LogP contribution >= 0.6 is 15.9 Å². The molecule has 1 saturated heterocycles. The van der Waals surface area contributed by atoms with E-state index in [0.29, 0.717) is 25.3 Å². The van der Waals surface area contributed by atoms with Crippen LogP contribution in [0.15, 0.2) is 22.8 Å². The van der Waals surface area contributed by atoms with Crippen LogP contribution in [-0.2, 0) is 9.53 Å². The van der Waals surface area contributed by atoms with Crippen molar-refractivity contribution in [2.45, 2.75) is 59.1 Å². The molecule has 2 aromatic heterocycles. The Morgan fingerprint density at radius 1 is 1.30 bits per heavy atom. The Labute approximate surface area is 186 Å². The summed E-state index contributed by atoms with van der Waals surface area (Å²) in [6, 6.07) is 4.14. The lowest BCUT2D eigenvalue weighted by Crippen LogP contribution is -2.48. The highest BCUT2D eigenvalue weighted by atomic mass is 79.9. The molecule has 1 aliphatic heterocycles. The van der Waals surface area contributed by atoms with E-state index in [0.717, 1.165) is 40.8 Å². The van der Waals surface area contributed by atoms with Crippen molar-refractivity contribution in [3.05, 3.63) is 28.4 Å². The van der Waals surface area contributed by atoms with Crippen LogP contribution in [0.25, 0.3) is 5.52 Å². The van der Waals surface area contributed by atoms with Crippen LogP contribution < -0.4 is 9.64 Å². The van der Waals surface area contributed by atoms with Crippen molar-refractivity contribution in [2.75, 3.05) is 24.5 Å². The van der Waals surface area contributed by atoms with Crippen molar-refractivity contribution in [1.82, 2.24) is 9.30 Å². The maximum atomic E-state index is 12.4. The van der Waals surface area contributed by atoms with Crippen LogP contribution in [0.4, 0.5) is 10.6 Å². The predicted octanol–water partition coefficient (Wildman–Crippen LogP) is 4.77. The molecule has 1 amide bonds. The number of amides is 1. The molecule has 1 fully saturated rings. The van der Waals surface area contributed by atoms with Gasteiger partial charge in [-0.3, -0.25) is 4.79 Å². The summed E-state index contributed by atoms with van der Waals surface area (Å²) in [5, 5.41) is 0. The first-order valence-electron chi connectivity index (χ1n) is 10.3. The maximum absolute atomic E-state index is 12.4. The smallest absolute Gasteiger partial charge is 0.410 e. The summed E-state index contributed by atoms with van der Waals surface area (Å²) in [5.41, 5.74) is 1.37. The van der Waals surface area contributed by atoms with Crippen LogP contribution in [0.3, 0.4) is 0 Å². The quantitative estimate of drug-likeness (QED) is 0.577. The zero-order valence-electron chi connectivity index (χ0n) is 18.3. The largest absolute Gasteiger partial charge is 0.444 e. The lowest BCUT2D eigenvalue weighted by atomic mass is 10.0. The molecule has 3 rings (SSSR count). The summed E-state index contributed by atoms with van der Waals surface area (Å²) in [6.07, 6.45) is 3.46. The molecule has 2 aromatic rings. The molecule has 0 N–H and O–H groups in total. The van der Waals surface area contributed by atoms with Gasteiger partial charge in [0, 0.05) is 48.0 Å². The molecular weight excluding hydrogens is 450 g/mol. The number of hydrogen-bond donors (Lipinski definition) is 0. The number of aromatic nitrogens is 1. The van der Waals surface area contributed by atoms with Gasteiger partial charge in [-0.1, -0.05) is 0 Å². The molecule has 0 saturated carbocycles. The van der Waals surface area contributed by atoms with Crippen LogP contribution in [0, 0.1) is 6.92 Å². The van der Waals surface area contributed by atoms with Crippen LogP contribution in [0.5, 0.6) is 5.75 Å². The maximum Gasteiger partial charge on any atom is 0.410 e. The molecule has 1 aliphatic rings. The molecule has 8 heteroatoms. The number of nitrogens with zero attached hydrogens (tertiary/aromatic N) is 3. The molecule has 0 aliphatic carbocycles. The lowest BCUT2D eigenvalue weighted by Gasteiger charge is -2.40. The Bertz CT molecular complexity index is 927. The molecule has 3 heterocycles. The average Bonchev–Trinajstić information content (AvgIpc) is 3.04. The minimum Gasteiger partial charge on any atom is -0.444 e. The third kappa shape index (κ3) is 4.74. The summed E-state index contributed by atoms with van der Waals surface area (Å²) in [5.74, 6) is 1.57. The zero-order chi connectivity index (χ0) is 22.1. The molecule has 164 valence electrons. The Balaban J connectivity index is 1.87. The third-order valence-corrected chi connectivity index (χ3v) is 5.81. The van der Waals surface area contributed by atoms with Gasteiger partial charge in [0.15, 0.2) is 0 Å². The number of ether oxygens (including phenoxy) is 2. The van der Waals surface area contributed by atoms with Crippen LogP contribution in [0.1, 0.15) is 46.1 Å². The fourth-order valence-electron chi connectivity index (χ4n) is 4.07. The summed E-state index contributed by atoms with van der Waals surface area (Å²) >= 11 is 3.55. The minimum atomic E-state index is -0.493. The number of pyridine rings is 1. The van der Waals surface area contributed by atoms with Gasteiger partial charge in [0.25, 0.3) is 6.47 Å². The highest BCUT2D eigenvalue weighted by Crippen LogP contribution is 2.35. The van der Waals surface area contributed by atoms with Gasteiger partial charge in [-0.15, -0.1) is 0 Å². The van der Waals surface area contributed by atoms with E-state index in [1.165, 1.54) is 0 Å². The third-order valence-electron chi connectivity index (χ3n) is 5.37. The van der Waals surface area contributed by atoms with E-state index in [1.807, 2.05) is 46.0 Å². The molecule has 0 bridgehead atoms. The van der Waals surface area contributed by atoms with Gasteiger partial charge < -0.3 is 23.7 Å². The van der Waals surface area contributed by atoms with E-state index in [1.54, 1.807) is 4.90 Å². The molecule has 0 aromatic carbocycles. The zero-order valence-corrected chi connectivity index (χ0v) is 19.9. The minimum absolute atomic E-state index is 0.252. The molecular formula is C22H30BrN3O4. The highest BCUT2D eigenvalue weighted by Gasteiger charge is 2.31. The number of likely N-dealkylation sites (tertiary alicyclic amines) is 1. The van der Waals surface area contributed by atoms with Gasteiger partial charge in [-0.25, -0.2) is 4.79 Å². The number of hydrogen-bond acceptors (Lipinski definition) is 5. The first-order valence-corrected chi connectivity index (χ1v) is 11.1. The fraction of sp³-hybridized carbons (Fsp3) is 0.545. The number of carbonyl (C=O) groups is 2. The van der Waals surface area contributed by atoms with E-state index in [2.05, 4.69) is 32.2 Å². The second-order valence-corrected chi connectivity index (χ2v) is 9.52. The van der Waals surface area contributed by atoms with Gasteiger partial charge in [0.1, 0.15) is 17.2 Å². The van der Waals surface area contributed by atoms with Crippen molar-refractivity contribution < 1.29 is 19.1 Å². The van der Waals surface area contributed by atoms with Gasteiger partial charge in [-0.2, -0.15) is 0 Å². The summed E-state index contributed by atoms with van der Waals surface area (Å²) in [6.45, 7) is 12.3. The molecule has 0 radical (unpaired) electrons. The topological polar surface area (TPSA) is 63.5 Å². The first-order chi connectivity index (χ1) is 14.1. The second kappa shape index (κ2) is 8.88. The molecule has 0 unspecified atom stereocenters. The average molecular weight is 480 g/mol. The Kier molecular flexibility index (Phi) is 6.65. The van der Waals surface area contributed by atoms with Crippen LogP contribution in [0.2, 0.25) is 0 Å². The number of piperidine rings is 1. The second-order valence-electron chi connectivity index (χ2n) is 8.61. The van der Waals surface area contributed by atoms with E-state index in [4.69, 9.17) is 9.47 Å². The normalized spacial score (nSPS) is 15.3. The van der Waals surface area contributed by atoms with Crippen molar-refractivity contribution in [2.24, 2.45) is 0 Å². The van der Waals surface area contributed by atoms with Crippen LogP contribution in [-0.4, -0.2) is 53.1 Å². The first kappa shape index (κ1) is 22.5. The van der Waals surface area contributed by atoms with Gasteiger partial charge in [-0.05, 0) is 69.5 Å². The highest BCUT2D eigenvalue weighted by molar-refractivity contribution is 9.10. The van der Waals surface area contributed by atoms with Gasteiger partial charge in [0.05, 0.1) is 5.52 Å². The Morgan fingerprint density at radius 2 is 1.97 bits per heavy atom. The number of anilines is 1. The summed E-state index contributed by atoms with van der Waals surface area (Å²) in [7, 11) is 0. The Hall–Kier alpha value is -2.22. The monoisotopic (exact) mass is 479 g/mol. The SMILES string of the molecule is CCN(c1c(C)c(OC=O)cc2cc(Br)cn12)C1CCN(C(=O)OC(C)(C)C)CC1. The number of carbonyl (C=O) groups excluding carboxylic acids is 2. The Morgan fingerprint density at radius 3 is 2.53 bits per heavy atom. The summed E-state index contributed by atoms with van der Waals surface area (Å²) < 4.78 is 13.9.